The summed E-state index contributed by atoms with van der Waals surface area (Å²) in [4.78, 5) is 11.6. The number of rotatable bonds is 7. The van der Waals surface area contributed by atoms with Crippen LogP contribution in [-0.2, 0) is 10.2 Å². The lowest BCUT2D eigenvalue weighted by Gasteiger charge is -2.24. The molecule has 1 aliphatic carbocycles. The Hall–Kier alpha value is -3.24. The number of hydrogen-bond donors (Lipinski definition) is 3. The molecule has 8 nitrogen and oxygen atoms in total. The highest BCUT2D eigenvalue weighted by molar-refractivity contribution is 8.13. The summed E-state index contributed by atoms with van der Waals surface area (Å²) >= 11 is 1.41. The van der Waals surface area contributed by atoms with Gasteiger partial charge >= 0.3 is 0 Å². The van der Waals surface area contributed by atoms with E-state index in [1.165, 1.54) is 35.9 Å². The molecule has 182 valence electrons. The second kappa shape index (κ2) is 9.09. The Balaban J connectivity index is 1.48. The number of hydrazone groups is 1. The fraction of sp³-hybridized carbons (Fsp3) is 0.360. The largest absolute Gasteiger partial charge is 0.356 e. The highest BCUT2D eigenvalue weighted by Gasteiger charge is 2.69. The summed E-state index contributed by atoms with van der Waals surface area (Å²) in [6.45, 7) is 5.95. The van der Waals surface area contributed by atoms with Gasteiger partial charge in [-0.25, -0.2) is 13.4 Å². The smallest absolute Gasteiger partial charge is 0.216 e. The summed E-state index contributed by atoms with van der Waals surface area (Å²) in [6.07, 6.45) is 3.36. The standard InChI is InChI=1S/C25H28FN7OS/c1-15-8-23-17(10-31-33(23)19-6-4-18(26)5-7-19)9-20(15)25-14-32(35-24(27)12-30-28-3)13-22(25)21(25)11-29-16(2)34/h4-10,12,21-22,27-28H,11,13-14H2,1-3H3,(H,29,34)/b27-24?,30-12-. The first-order valence-electron chi connectivity index (χ1n) is 11.5. The van der Waals surface area contributed by atoms with Crippen molar-refractivity contribution in [3.63, 3.8) is 0 Å². The lowest BCUT2D eigenvalue weighted by molar-refractivity contribution is -0.119. The monoisotopic (exact) mass is 493 g/mol. The fourth-order valence-electron chi connectivity index (χ4n) is 5.59. The molecule has 1 aliphatic heterocycles. The fourth-order valence-corrected chi connectivity index (χ4v) is 6.48. The lowest BCUT2D eigenvalue weighted by Crippen LogP contribution is -2.32. The van der Waals surface area contributed by atoms with E-state index in [1.807, 2.05) is 10.9 Å². The minimum Gasteiger partial charge on any atom is -0.356 e. The molecule has 3 unspecified atom stereocenters. The first-order chi connectivity index (χ1) is 16.8. The van der Waals surface area contributed by atoms with E-state index in [0.29, 0.717) is 23.4 Å². The molecule has 2 aliphatic rings. The molecule has 1 saturated carbocycles. The Labute approximate surface area is 207 Å². The van der Waals surface area contributed by atoms with Gasteiger partial charge in [0.15, 0.2) is 0 Å². The van der Waals surface area contributed by atoms with Crippen molar-refractivity contribution in [3.05, 3.63) is 59.5 Å². The molecule has 0 radical (unpaired) electrons. The molecule has 3 atom stereocenters. The van der Waals surface area contributed by atoms with Crippen molar-refractivity contribution in [3.8, 4) is 5.69 Å². The molecular formula is C25H28FN7OS. The van der Waals surface area contributed by atoms with Gasteiger partial charge in [0.25, 0.3) is 0 Å². The second-order valence-electron chi connectivity index (χ2n) is 9.21. The molecule has 0 spiro atoms. The first-order valence-corrected chi connectivity index (χ1v) is 12.3. The van der Waals surface area contributed by atoms with Crippen molar-refractivity contribution in [2.45, 2.75) is 19.3 Å². The van der Waals surface area contributed by atoms with Crippen molar-refractivity contribution in [2.24, 2.45) is 16.9 Å². The van der Waals surface area contributed by atoms with Crippen molar-refractivity contribution < 1.29 is 9.18 Å². The van der Waals surface area contributed by atoms with E-state index < -0.39 is 0 Å². The number of carbonyl (C=O) groups excluding carboxylic acids is 1. The van der Waals surface area contributed by atoms with Crippen molar-refractivity contribution >= 4 is 40.0 Å². The lowest BCUT2D eigenvalue weighted by atomic mass is 9.88. The third-order valence-corrected chi connectivity index (χ3v) is 7.97. The molecule has 1 aromatic heterocycles. The number of nitrogens with one attached hydrogen (secondary N) is 3. The highest BCUT2D eigenvalue weighted by Crippen LogP contribution is 2.65. The Morgan fingerprint density at radius 2 is 2.14 bits per heavy atom. The van der Waals surface area contributed by atoms with Gasteiger partial charge in [-0.2, -0.15) is 10.2 Å². The molecule has 0 bridgehead atoms. The van der Waals surface area contributed by atoms with E-state index in [2.05, 4.69) is 44.3 Å². The van der Waals surface area contributed by atoms with Crippen LogP contribution in [0, 0.1) is 30.0 Å². The van der Waals surface area contributed by atoms with Gasteiger partial charge in [-0.3, -0.25) is 10.2 Å². The number of hydrogen-bond acceptors (Lipinski definition) is 7. The zero-order valence-corrected chi connectivity index (χ0v) is 20.7. The Morgan fingerprint density at radius 3 is 2.86 bits per heavy atom. The molecule has 1 amide bonds. The summed E-state index contributed by atoms with van der Waals surface area (Å²) in [5, 5.41) is 21.1. The van der Waals surface area contributed by atoms with Crippen LogP contribution in [0.1, 0.15) is 18.1 Å². The molecule has 3 N–H and O–H groups in total. The summed E-state index contributed by atoms with van der Waals surface area (Å²) < 4.78 is 17.5. The number of carbonyl (C=O) groups is 1. The normalized spacial score (nSPS) is 23.5. The average Bonchev–Trinajstić information content (AvgIpc) is 3.10. The summed E-state index contributed by atoms with van der Waals surface area (Å²) in [5.74, 6) is 0.432. The number of nitrogens with zero attached hydrogens (tertiary/aromatic N) is 4. The average molecular weight is 494 g/mol. The van der Waals surface area contributed by atoms with Crippen LogP contribution < -0.4 is 10.7 Å². The van der Waals surface area contributed by atoms with Crippen molar-refractivity contribution in [1.82, 2.24) is 24.8 Å². The maximum atomic E-state index is 13.4. The molecular weight excluding hydrogens is 465 g/mol. The number of aromatic nitrogens is 2. The topological polar surface area (TPSA) is 98.4 Å². The van der Waals surface area contributed by atoms with E-state index >= 15 is 0 Å². The maximum absolute atomic E-state index is 13.4. The number of benzene rings is 2. The summed E-state index contributed by atoms with van der Waals surface area (Å²) in [7, 11) is 1.71. The minimum atomic E-state index is -0.276. The van der Waals surface area contributed by atoms with Crippen molar-refractivity contribution in [2.75, 3.05) is 26.7 Å². The molecule has 10 heteroatoms. The van der Waals surface area contributed by atoms with Gasteiger partial charge < -0.3 is 10.7 Å². The van der Waals surface area contributed by atoms with Crippen LogP contribution in [0.15, 0.2) is 47.7 Å². The molecule has 3 aromatic rings. The van der Waals surface area contributed by atoms with Crippen LogP contribution in [0.2, 0.25) is 0 Å². The van der Waals surface area contributed by atoms with Gasteiger partial charge in [-0.15, -0.1) is 0 Å². The SMILES string of the molecule is CN/N=C\C(=N)SN1CC2C(CNC(C)=O)C2(c2cc3cnn(-c4ccc(F)cc4)c3cc2C)C1. The Bertz CT molecular complexity index is 1320. The van der Waals surface area contributed by atoms with Crippen LogP contribution in [0.25, 0.3) is 16.6 Å². The van der Waals surface area contributed by atoms with Crippen LogP contribution in [0.3, 0.4) is 0 Å². The van der Waals surface area contributed by atoms with Crippen LogP contribution in [-0.4, -0.2) is 57.9 Å². The van der Waals surface area contributed by atoms with E-state index in [0.717, 1.165) is 35.2 Å². The Morgan fingerprint density at radius 1 is 1.37 bits per heavy atom. The van der Waals surface area contributed by atoms with Crippen LogP contribution in [0.5, 0.6) is 0 Å². The zero-order chi connectivity index (χ0) is 24.7. The third-order valence-electron chi connectivity index (χ3n) is 7.13. The van der Waals surface area contributed by atoms with E-state index in [1.54, 1.807) is 26.1 Å². The molecule has 5 rings (SSSR count). The van der Waals surface area contributed by atoms with Gasteiger partial charge in [-0.05, 0) is 78.2 Å². The number of fused-ring (bicyclic) bond motifs is 2. The van der Waals surface area contributed by atoms with Gasteiger partial charge in [0.05, 0.1) is 23.6 Å². The molecule has 2 heterocycles. The molecule has 35 heavy (non-hydrogen) atoms. The van der Waals surface area contributed by atoms with Crippen LogP contribution in [0.4, 0.5) is 4.39 Å². The Kier molecular flexibility index (Phi) is 6.10. The predicted molar refractivity (Wildman–Crippen MR) is 138 cm³/mol. The number of amides is 1. The molecule has 2 aromatic carbocycles. The maximum Gasteiger partial charge on any atom is 0.216 e. The summed E-state index contributed by atoms with van der Waals surface area (Å²) in [6, 6.07) is 10.7. The van der Waals surface area contributed by atoms with E-state index in [9.17, 15) is 9.18 Å². The van der Waals surface area contributed by atoms with Gasteiger partial charge in [0, 0.05) is 44.4 Å². The summed E-state index contributed by atoms with van der Waals surface area (Å²) in [5.41, 5.74) is 6.80. The predicted octanol–water partition coefficient (Wildman–Crippen LogP) is 3.24. The van der Waals surface area contributed by atoms with Gasteiger partial charge in [-0.1, -0.05) is 0 Å². The minimum absolute atomic E-state index is 0.0193. The zero-order valence-electron chi connectivity index (χ0n) is 19.9. The second-order valence-corrected chi connectivity index (χ2v) is 10.3. The van der Waals surface area contributed by atoms with Crippen molar-refractivity contribution in [1.29, 1.82) is 5.41 Å². The third kappa shape index (κ3) is 4.21. The molecule has 2 fully saturated rings. The molecule has 1 saturated heterocycles. The number of aryl methyl sites for hydroxylation is 1. The number of piperidine rings is 1. The number of halogens is 1. The highest BCUT2D eigenvalue weighted by atomic mass is 32.2. The van der Waals surface area contributed by atoms with Gasteiger partial charge in [0.1, 0.15) is 10.9 Å². The van der Waals surface area contributed by atoms with E-state index in [-0.39, 0.29) is 17.1 Å². The van der Waals surface area contributed by atoms with Crippen LogP contribution >= 0.6 is 11.9 Å². The van der Waals surface area contributed by atoms with Gasteiger partial charge in [0.2, 0.25) is 5.91 Å². The quantitative estimate of drug-likeness (QED) is 0.203. The first kappa shape index (κ1) is 23.5. The van der Waals surface area contributed by atoms with E-state index in [4.69, 9.17) is 5.41 Å².